The summed E-state index contributed by atoms with van der Waals surface area (Å²) in [6.07, 6.45) is 3.09. The number of pyridine rings is 1. The minimum atomic E-state index is -0.342. The second-order valence-corrected chi connectivity index (χ2v) is 9.49. The Balaban J connectivity index is 1.55. The average molecular weight is 448 g/mol. The highest BCUT2D eigenvalue weighted by Gasteiger charge is 2.47. The van der Waals surface area contributed by atoms with Crippen LogP contribution >= 0.6 is 0 Å². The number of aryl methyl sites for hydroxylation is 2. The van der Waals surface area contributed by atoms with E-state index in [4.69, 9.17) is 18.9 Å². The van der Waals surface area contributed by atoms with Gasteiger partial charge in [-0.05, 0) is 62.9 Å². The van der Waals surface area contributed by atoms with Crippen LogP contribution in [0.2, 0.25) is 0 Å². The minimum Gasteiger partial charge on any atom is -0.490 e. The Kier molecular flexibility index (Phi) is 6.33. The summed E-state index contributed by atoms with van der Waals surface area (Å²) in [6, 6.07) is 12.2. The smallest absolute Gasteiger partial charge is 0.333 e. The maximum atomic E-state index is 12.0. The first-order valence-corrected chi connectivity index (χ1v) is 11.8. The molecule has 1 saturated carbocycles. The molecule has 2 aromatic heterocycles. The van der Waals surface area contributed by atoms with Crippen LogP contribution in [0.3, 0.4) is 0 Å². The third-order valence-corrected chi connectivity index (χ3v) is 6.71. The van der Waals surface area contributed by atoms with Gasteiger partial charge in [-0.15, -0.1) is 0 Å². The zero-order chi connectivity index (χ0) is 23.8. The molecular weight excluding hydrogens is 414 g/mol. The number of carbonyl (C=O) groups excluding carboxylic acids is 1. The summed E-state index contributed by atoms with van der Waals surface area (Å²) in [4.78, 5) is 16.8. The van der Waals surface area contributed by atoms with Crippen LogP contribution in [0.25, 0.3) is 22.3 Å². The van der Waals surface area contributed by atoms with E-state index in [9.17, 15) is 4.79 Å². The topological polar surface area (TPSA) is 61.6 Å². The lowest BCUT2D eigenvalue weighted by Gasteiger charge is -2.32. The number of rotatable bonds is 7. The van der Waals surface area contributed by atoms with Crippen molar-refractivity contribution in [2.75, 3.05) is 0 Å². The molecule has 1 aromatic carbocycles. The molecule has 2 atom stereocenters. The highest BCUT2D eigenvalue weighted by Crippen LogP contribution is 2.43. The van der Waals surface area contributed by atoms with E-state index in [1.807, 2.05) is 18.2 Å². The number of fused-ring (bicyclic) bond motifs is 1. The van der Waals surface area contributed by atoms with Crippen LogP contribution < -0.4 is 4.74 Å². The van der Waals surface area contributed by atoms with Gasteiger partial charge in [-0.1, -0.05) is 34.3 Å². The number of nitrogens with zero attached hydrogens (tertiary/aromatic N) is 1. The minimum absolute atomic E-state index is 0.0650. The number of benzene rings is 1. The summed E-state index contributed by atoms with van der Waals surface area (Å²) in [7, 11) is 0. The maximum absolute atomic E-state index is 12.0. The van der Waals surface area contributed by atoms with Gasteiger partial charge in [-0.2, -0.15) is 0 Å². The first-order chi connectivity index (χ1) is 15.7. The van der Waals surface area contributed by atoms with Crippen LogP contribution in [0.5, 0.6) is 5.75 Å². The number of hydrogen-bond acceptors (Lipinski definition) is 5. The molecule has 3 aromatic rings. The van der Waals surface area contributed by atoms with Crippen molar-refractivity contribution < 1.29 is 18.7 Å². The van der Waals surface area contributed by atoms with Crippen molar-refractivity contribution in [1.82, 2.24) is 4.98 Å². The highest BCUT2D eigenvalue weighted by atomic mass is 16.6. The SMILES string of the molecule is C=C(C)C(=O)OC1CCC(Oc2ccc3cc(-c4ccc(CC)nc4CC)oc3c2)C1(C)C. The Bertz CT molecular complexity index is 1190. The highest BCUT2D eigenvalue weighted by molar-refractivity contribution is 5.87. The Labute approximate surface area is 195 Å². The van der Waals surface area contributed by atoms with Gasteiger partial charge in [-0.25, -0.2) is 4.79 Å². The van der Waals surface area contributed by atoms with E-state index in [0.29, 0.717) is 5.57 Å². The van der Waals surface area contributed by atoms with Gasteiger partial charge in [0.05, 0.1) is 5.69 Å². The maximum Gasteiger partial charge on any atom is 0.333 e. The normalized spacial score (nSPS) is 19.5. The van der Waals surface area contributed by atoms with Crippen LogP contribution in [-0.2, 0) is 22.4 Å². The molecule has 0 spiro atoms. The summed E-state index contributed by atoms with van der Waals surface area (Å²) in [5.74, 6) is 1.23. The Morgan fingerprint density at radius 1 is 1.12 bits per heavy atom. The first kappa shape index (κ1) is 23.1. The average Bonchev–Trinajstić information content (AvgIpc) is 3.33. The predicted octanol–water partition coefficient (Wildman–Crippen LogP) is 6.67. The molecule has 0 N–H and O–H groups in total. The van der Waals surface area contributed by atoms with Crippen molar-refractivity contribution in [2.45, 2.75) is 72.5 Å². The van der Waals surface area contributed by atoms with Crippen molar-refractivity contribution >= 4 is 16.9 Å². The Morgan fingerprint density at radius 3 is 2.58 bits per heavy atom. The number of furan rings is 1. The van der Waals surface area contributed by atoms with E-state index in [1.54, 1.807) is 6.92 Å². The first-order valence-electron chi connectivity index (χ1n) is 11.8. The van der Waals surface area contributed by atoms with E-state index < -0.39 is 0 Å². The molecule has 1 fully saturated rings. The van der Waals surface area contributed by atoms with Gasteiger partial charge < -0.3 is 13.9 Å². The van der Waals surface area contributed by atoms with E-state index in [0.717, 1.165) is 65.1 Å². The summed E-state index contributed by atoms with van der Waals surface area (Å²) in [5, 5.41) is 1.03. The van der Waals surface area contributed by atoms with Crippen LogP contribution in [0.15, 0.2) is 53.0 Å². The third kappa shape index (κ3) is 4.54. The van der Waals surface area contributed by atoms with Crippen LogP contribution in [0.4, 0.5) is 0 Å². The van der Waals surface area contributed by atoms with E-state index in [1.165, 1.54) is 0 Å². The van der Waals surface area contributed by atoms with Gasteiger partial charge in [-0.3, -0.25) is 4.98 Å². The van der Waals surface area contributed by atoms with Gasteiger partial charge in [0.15, 0.2) is 0 Å². The Morgan fingerprint density at radius 2 is 1.88 bits per heavy atom. The van der Waals surface area contributed by atoms with E-state index in [2.05, 4.69) is 52.5 Å². The number of hydrogen-bond donors (Lipinski definition) is 0. The zero-order valence-corrected chi connectivity index (χ0v) is 20.2. The fourth-order valence-corrected chi connectivity index (χ4v) is 4.52. The molecule has 5 heteroatoms. The van der Waals surface area contributed by atoms with E-state index in [-0.39, 0.29) is 23.6 Å². The molecule has 174 valence electrons. The molecular formula is C28H33NO4. The lowest BCUT2D eigenvalue weighted by Crippen LogP contribution is -2.38. The molecule has 5 nitrogen and oxygen atoms in total. The van der Waals surface area contributed by atoms with Gasteiger partial charge >= 0.3 is 5.97 Å². The van der Waals surface area contributed by atoms with Crippen LogP contribution in [0.1, 0.15) is 58.8 Å². The number of carbonyl (C=O) groups is 1. The number of aromatic nitrogens is 1. The summed E-state index contributed by atoms with van der Waals surface area (Å²) in [6.45, 7) is 13.8. The van der Waals surface area contributed by atoms with Gasteiger partial charge in [0.2, 0.25) is 0 Å². The second kappa shape index (κ2) is 9.05. The number of ether oxygens (including phenoxy) is 2. The van der Waals surface area contributed by atoms with Gasteiger partial charge in [0.1, 0.15) is 29.3 Å². The Hall–Kier alpha value is -3.08. The van der Waals surface area contributed by atoms with Crippen molar-refractivity contribution in [3.8, 4) is 17.1 Å². The lowest BCUT2D eigenvalue weighted by molar-refractivity contribution is -0.150. The predicted molar refractivity (Wildman–Crippen MR) is 130 cm³/mol. The monoisotopic (exact) mass is 447 g/mol. The molecule has 0 aliphatic heterocycles. The molecule has 0 radical (unpaired) electrons. The van der Waals surface area contributed by atoms with E-state index >= 15 is 0 Å². The van der Waals surface area contributed by atoms with Crippen molar-refractivity contribution in [3.63, 3.8) is 0 Å². The number of esters is 1. The lowest BCUT2D eigenvalue weighted by atomic mass is 9.86. The van der Waals surface area contributed by atoms with Crippen molar-refractivity contribution in [1.29, 1.82) is 0 Å². The quantitative estimate of drug-likeness (QED) is 0.299. The summed E-state index contributed by atoms with van der Waals surface area (Å²) in [5.41, 5.74) is 4.07. The molecule has 0 bridgehead atoms. The molecule has 2 heterocycles. The van der Waals surface area contributed by atoms with Crippen LogP contribution in [-0.4, -0.2) is 23.2 Å². The van der Waals surface area contributed by atoms with Crippen molar-refractivity contribution in [2.24, 2.45) is 5.41 Å². The molecule has 0 amide bonds. The third-order valence-electron chi connectivity index (χ3n) is 6.71. The fraction of sp³-hybridized carbons (Fsp3) is 0.429. The molecule has 4 rings (SSSR count). The second-order valence-electron chi connectivity index (χ2n) is 9.49. The zero-order valence-electron chi connectivity index (χ0n) is 20.2. The largest absolute Gasteiger partial charge is 0.490 e. The van der Waals surface area contributed by atoms with Crippen molar-refractivity contribution in [3.05, 3.63) is 59.9 Å². The molecule has 0 saturated heterocycles. The fourth-order valence-electron chi connectivity index (χ4n) is 4.52. The van der Waals surface area contributed by atoms with Crippen LogP contribution in [0, 0.1) is 5.41 Å². The molecule has 2 unspecified atom stereocenters. The van der Waals surface area contributed by atoms with Gasteiger partial charge in [0.25, 0.3) is 0 Å². The van der Waals surface area contributed by atoms with Gasteiger partial charge in [0, 0.05) is 33.7 Å². The summed E-state index contributed by atoms with van der Waals surface area (Å²) >= 11 is 0. The summed E-state index contributed by atoms with van der Waals surface area (Å²) < 4.78 is 18.3. The molecule has 33 heavy (non-hydrogen) atoms. The molecule has 1 aliphatic carbocycles. The molecule has 1 aliphatic rings. The standard InChI is InChI=1S/C28H33NO4/c1-7-19-10-12-21(22(8-2)29-19)24-15-18-9-11-20(16-23(18)32-24)31-25-13-14-26(28(25,5)6)33-27(30)17(3)4/h9-12,15-16,25-26H,3,7-8,13-14H2,1-2,4-6H3.